The van der Waals surface area contributed by atoms with E-state index in [9.17, 15) is 14.0 Å². The number of carbonyl (C=O) groups is 2. The van der Waals surface area contributed by atoms with Gasteiger partial charge < -0.3 is 10.2 Å². The van der Waals surface area contributed by atoms with Gasteiger partial charge in [-0.3, -0.25) is 9.59 Å². The second-order valence-corrected chi connectivity index (χ2v) is 6.81. The van der Waals surface area contributed by atoms with E-state index in [-0.39, 0.29) is 11.8 Å². The summed E-state index contributed by atoms with van der Waals surface area (Å²) in [6.07, 6.45) is 0.649. The molecule has 1 aliphatic heterocycles. The zero-order valence-electron chi connectivity index (χ0n) is 13.5. The molecule has 0 saturated carbocycles. The number of benzene rings is 1. The Morgan fingerprint density at radius 1 is 1.50 bits per heavy atom. The molecule has 2 amide bonds. The van der Waals surface area contributed by atoms with E-state index in [2.05, 4.69) is 10.3 Å². The first-order valence-electron chi connectivity index (χ1n) is 7.81. The van der Waals surface area contributed by atoms with E-state index in [1.165, 1.54) is 28.4 Å². The van der Waals surface area contributed by atoms with E-state index in [1.807, 2.05) is 13.8 Å². The molecule has 24 heavy (non-hydrogen) atoms. The maximum atomic E-state index is 13.6. The Labute approximate surface area is 143 Å². The molecule has 2 heterocycles. The molecular formula is C17H18FN3O2S. The van der Waals surface area contributed by atoms with Gasteiger partial charge in [0.15, 0.2) is 0 Å². The van der Waals surface area contributed by atoms with Crippen molar-refractivity contribution in [1.82, 2.24) is 15.2 Å². The largest absolute Gasteiger partial charge is 0.352 e. The number of thiazole rings is 1. The Kier molecular flexibility index (Phi) is 4.62. The van der Waals surface area contributed by atoms with E-state index < -0.39 is 11.9 Å². The second-order valence-electron chi connectivity index (χ2n) is 5.61. The number of rotatable bonds is 3. The minimum atomic E-state index is -0.825. The number of piperazine rings is 1. The van der Waals surface area contributed by atoms with Gasteiger partial charge in [-0.2, -0.15) is 0 Å². The summed E-state index contributed by atoms with van der Waals surface area (Å²) in [6.45, 7) is 4.56. The van der Waals surface area contributed by atoms with Crippen LogP contribution in [0.5, 0.6) is 0 Å². The molecule has 126 valence electrons. The van der Waals surface area contributed by atoms with Gasteiger partial charge in [-0.1, -0.05) is 19.1 Å². The van der Waals surface area contributed by atoms with Gasteiger partial charge in [0.25, 0.3) is 5.91 Å². The second kappa shape index (κ2) is 6.68. The number of hydrogen-bond acceptors (Lipinski definition) is 4. The molecule has 1 N–H and O–H groups in total. The third kappa shape index (κ3) is 3.03. The summed E-state index contributed by atoms with van der Waals surface area (Å²) in [5, 5.41) is 3.57. The van der Waals surface area contributed by atoms with Gasteiger partial charge in [0.1, 0.15) is 16.7 Å². The van der Waals surface area contributed by atoms with Crippen LogP contribution in [0.3, 0.4) is 0 Å². The smallest absolute Gasteiger partial charge is 0.266 e. The molecule has 1 aliphatic rings. The molecule has 0 spiro atoms. The summed E-state index contributed by atoms with van der Waals surface area (Å²) < 4.78 is 13.6. The van der Waals surface area contributed by atoms with Crippen molar-refractivity contribution >= 4 is 23.2 Å². The summed E-state index contributed by atoms with van der Waals surface area (Å²) in [7, 11) is 0. The van der Waals surface area contributed by atoms with Gasteiger partial charge in [-0.15, -0.1) is 11.3 Å². The Morgan fingerprint density at radius 3 is 3.00 bits per heavy atom. The first-order valence-corrected chi connectivity index (χ1v) is 8.63. The molecule has 1 aromatic heterocycles. The molecule has 0 bridgehead atoms. The van der Waals surface area contributed by atoms with E-state index in [1.54, 1.807) is 12.1 Å². The summed E-state index contributed by atoms with van der Waals surface area (Å²) in [4.78, 5) is 31.9. The summed E-state index contributed by atoms with van der Waals surface area (Å²) in [5.41, 5.74) is 1.21. The van der Waals surface area contributed by atoms with Gasteiger partial charge in [-0.05, 0) is 31.0 Å². The third-order valence-electron chi connectivity index (χ3n) is 3.97. The van der Waals surface area contributed by atoms with Crippen molar-refractivity contribution in [3.63, 3.8) is 0 Å². The monoisotopic (exact) mass is 347 g/mol. The van der Waals surface area contributed by atoms with Gasteiger partial charge in [0.05, 0.1) is 10.7 Å². The van der Waals surface area contributed by atoms with Crippen LogP contribution in [0, 0.1) is 12.7 Å². The maximum Gasteiger partial charge on any atom is 0.266 e. The molecule has 2 aromatic rings. The molecule has 7 heteroatoms. The Balaban J connectivity index is 2.00. The summed E-state index contributed by atoms with van der Waals surface area (Å²) >= 11 is 1.33. The Bertz CT molecular complexity index is 790. The van der Waals surface area contributed by atoms with Crippen LogP contribution in [0.1, 0.15) is 38.9 Å². The SMILES string of the molecule is CCc1nc(C)sc1C(=O)N1CCNC(=O)[C@H]1c1cccc(F)c1. The molecule has 1 fully saturated rings. The van der Waals surface area contributed by atoms with Crippen LogP contribution in [0.25, 0.3) is 0 Å². The lowest BCUT2D eigenvalue weighted by atomic mass is 10.0. The van der Waals surface area contributed by atoms with E-state index >= 15 is 0 Å². The number of hydrogen-bond donors (Lipinski definition) is 1. The average molecular weight is 347 g/mol. The maximum absolute atomic E-state index is 13.6. The molecule has 5 nitrogen and oxygen atoms in total. The highest BCUT2D eigenvalue weighted by Crippen LogP contribution is 2.28. The lowest BCUT2D eigenvalue weighted by molar-refractivity contribution is -0.128. The lowest BCUT2D eigenvalue weighted by Crippen LogP contribution is -2.52. The number of halogens is 1. The van der Waals surface area contributed by atoms with Crippen LogP contribution in [0.4, 0.5) is 4.39 Å². The van der Waals surface area contributed by atoms with Crippen molar-refractivity contribution < 1.29 is 14.0 Å². The first kappa shape index (κ1) is 16.6. The van der Waals surface area contributed by atoms with Crippen molar-refractivity contribution in [2.75, 3.05) is 13.1 Å². The first-order chi connectivity index (χ1) is 11.5. The molecule has 0 unspecified atom stereocenters. The van der Waals surface area contributed by atoms with E-state index in [0.717, 1.165) is 10.7 Å². The molecule has 1 atom stereocenters. The Hall–Kier alpha value is -2.28. The number of carbonyl (C=O) groups excluding carboxylic acids is 2. The summed E-state index contributed by atoms with van der Waals surface area (Å²) in [6, 6.07) is 5.00. The standard InChI is InChI=1S/C17H18FN3O2S/c1-3-13-15(24-10(2)20-13)17(23)21-8-7-19-16(22)14(21)11-5-4-6-12(18)9-11/h4-6,9,14H,3,7-8H2,1-2H3,(H,19,22)/t14-/m1/s1. The van der Waals surface area contributed by atoms with Gasteiger partial charge >= 0.3 is 0 Å². The van der Waals surface area contributed by atoms with Crippen LogP contribution in [-0.2, 0) is 11.2 Å². The van der Waals surface area contributed by atoms with Gasteiger partial charge in [-0.25, -0.2) is 9.37 Å². The number of nitrogens with zero attached hydrogens (tertiary/aromatic N) is 2. The highest BCUT2D eigenvalue weighted by Gasteiger charge is 2.36. The van der Waals surface area contributed by atoms with E-state index in [0.29, 0.717) is 30.0 Å². The Morgan fingerprint density at radius 2 is 2.29 bits per heavy atom. The third-order valence-corrected chi connectivity index (χ3v) is 4.97. The predicted molar refractivity (Wildman–Crippen MR) is 89.4 cm³/mol. The van der Waals surface area contributed by atoms with Gasteiger partial charge in [0.2, 0.25) is 5.91 Å². The zero-order chi connectivity index (χ0) is 17.3. The van der Waals surface area contributed by atoms with E-state index in [4.69, 9.17) is 0 Å². The number of aryl methyl sites for hydroxylation is 2. The quantitative estimate of drug-likeness (QED) is 0.928. The minimum absolute atomic E-state index is 0.221. The molecule has 0 aliphatic carbocycles. The van der Waals surface area contributed by atoms with Crippen molar-refractivity contribution in [2.24, 2.45) is 0 Å². The summed E-state index contributed by atoms with van der Waals surface area (Å²) in [5.74, 6) is -0.942. The molecular weight excluding hydrogens is 329 g/mol. The van der Waals surface area contributed by atoms with Crippen molar-refractivity contribution in [3.8, 4) is 0 Å². The van der Waals surface area contributed by atoms with Crippen LogP contribution < -0.4 is 5.32 Å². The fourth-order valence-electron chi connectivity index (χ4n) is 2.90. The normalized spacial score (nSPS) is 17.7. The van der Waals surface area contributed by atoms with Crippen LogP contribution in [0.2, 0.25) is 0 Å². The van der Waals surface area contributed by atoms with Gasteiger partial charge in [0, 0.05) is 13.1 Å². The topological polar surface area (TPSA) is 62.3 Å². The van der Waals surface area contributed by atoms with Crippen molar-refractivity contribution in [3.05, 3.63) is 51.2 Å². The fourth-order valence-corrected chi connectivity index (χ4v) is 3.86. The number of nitrogens with one attached hydrogen (secondary N) is 1. The average Bonchev–Trinajstić information content (AvgIpc) is 2.95. The highest BCUT2D eigenvalue weighted by atomic mass is 32.1. The van der Waals surface area contributed by atoms with Crippen LogP contribution >= 0.6 is 11.3 Å². The predicted octanol–water partition coefficient (Wildman–Crippen LogP) is 2.47. The van der Waals surface area contributed by atoms with Crippen molar-refractivity contribution in [2.45, 2.75) is 26.3 Å². The molecule has 0 radical (unpaired) electrons. The van der Waals surface area contributed by atoms with Crippen molar-refractivity contribution in [1.29, 1.82) is 0 Å². The van der Waals surface area contributed by atoms with Crippen LogP contribution in [0.15, 0.2) is 24.3 Å². The number of amides is 2. The highest BCUT2D eigenvalue weighted by molar-refractivity contribution is 7.13. The molecule has 1 aromatic carbocycles. The van der Waals surface area contributed by atoms with Crippen LogP contribution in [-0.4, -0.2) is 34.8 Å². The zero-order valence-corrected chi connectivity index (χ0v) is 14.3. The fraction of sp³-hybridized carbons (Fsp3) is 0.353. The minimum Gasteiger partial charge on any atom is -0.352 e. The number of aromatic nitrogens is 1. The lowest BCUT2D eigenvalue weighted by Gasteiger charge is -2.35. The molecule has 1 saturated heterocycles. The molecule has 3 rings (SSSR count).